The van der Waals surface area contributed by atoms with Gasteiger partial charge in [0, 0.05) is 29.2 Å². The van der Waals surface area contributed by atoms with Crippen molar-refractivity contribution in [3.63, 3.8) is 0 Å². The van der Waals surface area contributed by atoms with Crippen molar-refractivity contribution in [3.8, 4) is 28.7 Å². The Hall–Kier alpha value is -3.30. The Kier molecular flexibility index (Phi) is 4.77. The van der Waals surface area contributed by atoms with Gasteiger partial charge in [-0.25, -0.2) is 0 Å². The maximum atomic E-state index is 12.5. The van der Waals surface area contributed by atoms with E-state index >= 15 is 0 Å². The van der Waals surface area contributed by atoms with E-state index < -0.39 is 18.1 Å². The highest BCUT2D eigenvalue weighted by Gasteiger charge is 2.33. The number of benzene rings is 2. The van der Waals surface area contributed by atoms with E-state index in [1.807, 2.05) is 0 Å². The number of ether oxygens (including phenoxy) is 5. The summed E-state index contributed by atoms with van der Waals surface area (Å²) < 4.78 is 63.2. The van der Waals surface area contributed by atoms with Crippen molar-refractivity contribution in [2.75, 3.05) is 13.4 Å². The fourth-order valence-corrected chi connectivity index (χ4v) is 3.24. The quantitative estimate of drug-likeness (QED) is 0.772. The molecule has 0 bridgehead atoms. The predicted molar refractivity (Wildman–Crippen MR) is 90.5 cm³/mol. The summed E-state index contributed by atoms with van der Waals surface area (Å²) >= 11 is 0. The first kappa shape index (κ1) is 19.0. The Labute approximate surface area is 162 Å². The Bertz CT molecular complexity index is 942. The van der Waals surface area contributed by atoms with Crippen LogP contribution in [-0.2, 0) is 11.4 Å². The van der Waals surface area contributed by atoms with Crippen LogP contribution < -0.4 is 23.7 Å². The number of hydrogen-bond donors (Lipinski definition) is 1. The second-order valence-corrected chi connectivity index (χ2v) is 6.46. The Morgan fingerprint density at radius 1 is 1.10 bits per heavy atom. The first-order valence-corrected chi connectivity index (χ1v) is 8.58. The van der Waals surface area contributed by atoms with Gasteiger partial charge in [-0.1, -0.05) is 6.07 Å². The van der Waals surface area contributed by atoms with Gasteiger partial charge in [-0.2, -0.15) is 0 Å². The van der Waals surface area contributed by atoms with Crippen molar-refractivity contribution in [2.45, 2.75) is 25.3 Å². The standard InChI is InChI=1S/C19H15F3O7/c20-19(21,22)29-13-3-11(18-16(6-13)27-9-28-18)8-25-12-1-2-14-10(4-17(23)24)7-26-15(14)5-12/h1-3,5-6,10H,4,7-9H2,(H,23,24)/t10-/m1/s1. The molecule has 154 valence electrons. The van der Waals surface area contributed by atoms with Crippen molar-refractivity contribution in [3.05, 3.63) is 41.5 Å². The molecule has 0 unspecified atom stereocenters. The van der Waals surface area contributed by atoms with Gasteiger partial charge in [-0.15, -0.1) is 13.2 Å². The predicted octanol–water partition coefficient (Wildman–Crippen LogP) is 3.84. The number of halogens is 3. The van der Waals surface area contributed by atoms with E-state index in [4.69, 9.17) is 24.1 Å². The summed E-state index contributed by atoms with van der Waals surface area (Å²) in [7, 11) is 0. The lowest BCUT2D eigenvalue weighted by atomic mass is 9.98. The van der Waals surface area contributed by atoms with Crippen molar-refractivity contribution in [1.29, 1.82) is 0 Å². The van der Waals surface area contributed by atoms with Gasteiger partial charge < -0.3 is 28.8 Å². The van der Waals surface area contributed by atoms with Crippen LogP contribution in [0.15, 0.2) is 30.3 Å². The molecule has 1 atom stereocenters. The molecule has 0 aliphatic carbocycles. The second kappa shape index (κ2) is 7.26. The van der Waals surface area contributed by atoms with Crippen LogP contribution >= 0.6 is 0 Å². The number of carbonyl (C=O) groups is 1. The zero-order valence-electron chi connectivity index (χ0n) is 14.8. The van der Waals surface area contributed by atoms with Crippen molar-refractivity contribution in [2.24, 2.45) is 0 Å². The van der Waals surface area contributed by atoms with Gasteiger partial charge in [-0.3, -0.25) is 4.79 Å². The molecule has 0 spiro atoms. The highest BCUT2D eigenvalue weighted by molar-refractivity contribution is 5.68. The van der Waals surface area contributed by atoms with E-state index in [1.54, 1.807) is 18.2 Å². The Balaban J connectivity index is 1.50. The third kappa shape index (κ3) is 4.25. The van der Waals surface area contributed by atoms with Crippen molar-refractivity contribution < 1.29 is 46.8 Å². The van der Waals surface area contributed by atoms with Gasteiger partial charge in [0.1, 0.15) is 23.9 Å². The molecule has 2 heterocycles. The molecule has 2 aromatic carbocycles. The fraction of sp³-hybridized carbons (Fsp3) is 0.316. The lowest BCUT2D eigenvalue weighted by Crippen LogP contribution is -2.17. The van der Waals surface area contributed by atoms with E-state index in [0.717, 1.165) is 11.6 Å². The van der Waals surface area contributed by atoms with Gasteiger partial charge in [-0.05, 0) is 12.1 Å². The Morgan fingerprint density at radius 3 is 2.66 bits per heavy atom. The molecule has 29 heavy (non-hydrogen) atoms. The second-order valence-electron chi connectivity index (χ2n) is 6.46. The minimum absolute atomic E-state index is 0.0390. The van der Waals surface area contributed by atoms with Gasteiger partial charge in [0.15, 0.2) is 11.5 Å². The van der Waals surface area contributed by atoms with Crippen LogP contribution in [0.3, 0.4) is 0 Å². The molecule has 2 aliphatic rings. The minimum Gasteiger partial charge on any atom is -0.492 e. The van der Waals surface area contributed by atoms with Crippen LogP contribution in [0.5, 0.6) is 28.7 Å². The highest BCUT2D eigenvalue weighted by atomic mass is 19.4. The van der Waals surface area contributed by atoms with Crippen LogP contribution in [-0.4, -0.2) is 30.8 Å². The zero-order chi connectivity index (χ0) is 20.6. The summed E-state index contributed by atoms with van der Waals surface area (Å²) in [6.45, 7) is 0.0497. The van der Waals surface area contributed by atoms with Gasteiger partial charge in [0.25, 0.3) is 0 Å². The third-order valence-electron chi connectivity index (χ3n) is 4.44. The number of carboxylic acids is 1. The van der Waals surface area contributed by atoms with E-state index in [0.29, 0.717) is 22.8 Å². The monoisotopic (exact) mass is 412 g/mol. The largest absolute Gasteiger partial charge is 0.573 e. The number of fused-ring (bicyclic) bond motifs is 2. The molecule has 10 heteroatoms. The topological polar surface area (TPSA) is 83.5 Å². The summed E-state index contributed by atoms with van der Waals surface area (Å²) in [6, 6.07) is 7.26. The van der Waals surface area contributed by atoms with Crippen LogP contribution in [0.2, 0.25) is 0 Å². The molecule has 2 aromatic rings. The first-order chi connectivity index (χ1) is 13.8. The van der Waals surface area contributed by atoms with Crippen molar-refractivity contribution in [1.82, 2.24) is 0 Å². The number of carboxylic acid groups (broad SMARTS) is 1. The minimum atomic E-state index is -4.84. The molecule has 7 nitrogen and oxygen atoms in total. The molecule has 2 aliphatic heterocycles. The van der Waals surface area contributed by atoms with Crippen LogP contribution in [0.4, 0.5) is 13.2 Å². The molecule has 0 saturated heterocycles. The van der Waals surface area contributed by atoms with Crippen LogP contribution in [0.1, 0.15) is 23.5 Å². The van der Waals surface area contributed by atoms with E-state index in [1.165, 1.54) is 6.07 Å². The SMILES string of the molecule is O=C(O)C[C@@H]1COc2cc(OCc3cc(OC(F)(F)F)cc4c3OCO4)ccc21. The lowest BCUT2D eigenvalue weighted by molar-refractivity contribution is -0.274. The summed E-state index contributed by atoms with van der Waals surface area (Å²) in [5, 5.41) is 8.95. The third-order valence-corrected chi connectivity index (χ3v) is 4.44. The van der Waals surface area contributed by atoms with Crippen molar-refractivity contribution >= 4 is 5.97 Å². The fourth-order valence-electron chi connectivity index (χ4n) is 3.24. The average Bonchev–Trinajstić information content (AvgIpc) is 3.24. The maximum Gasteiger partial charge on any atom is 0.573 e. The number of alkyl halides is 3. The van der Waals surface area contributed by atoms with Crippen LogP contribution in [0, 0.1) is 0 Å². The van der Waals surface area contributed by atoms with Gasteiger partial charge in [0.05, 0.1) is 13.0 Å². The number of rotatable bonds is 6. The molecule has 0 amide bonds. The molecule has 0 aromatic heterocycles. The molecule has 0 fully saturated rings. The average molecular weight is 412 g/mol. The van der Waals surface area contributed by atoms with Gasteiger partial charge >= 0.3 is 12.3 Å². The summed E-state index contributed by atoms with van der Waals surface area (Å²) in [5.41, 5.74) is 1.10. The molecule has 1 N–H and O–H groups in total. The maximum absolute atomic E-state index is 12.5. The molecular weight excluding hydrogens is 397 g/mol. The summed E-state index contributed by atoms with van der Waals surface area (Å²) in [5.74, 6) is -0.223. The van der Waals surface area contributed by atoms with E-state index in [-0.39, 0.29) is 38.1 Å². The van der Waals surface area contributed by atoms with Crippen LogP contribution in [0.25, 0.3) is 0 Å². The van der Waals surface area contributed by atoms with E-state index in [2.05, 4.69) is 4.74 Å². The summed E-state index contributed by atoms with van der Waals surface area (Å²) in [4.78, 5) is 10.9. The summed E-state index contributed by atoms with van der Waals surface area (Å²) in [6.07, 6.45) is -4.88. The smallest absolute Gasteiger partial charge is 0.492 e. The molecule has 4 rings (SSSR count). The van der Waals surface area contributed by atoms with Gasteiger partial charge in [0.2, 0.25) is 6.79 Å². The number of aliphatic carboxylic acids is 1. The Morgan fingerprint density at radius 2 is 1.90 bits per heavy atom. The highest BCUT2D eigenvalue weighted by Crippen LogP contribution is 2.42. The first-order valence-electron chi connectivity index (χ1n) is 8.58. The number of hydrogen-bond acceptors (Lipinski definition) is 6. The normalized spacial score (nSPS) is 16.9. The van der Waals surface area contributed by atoms with E-state index in [9.17, 15) is 18.0 Å². The zero-order valence-corrected chi connectivity index (χ0v) is 14.8. The molecule has 0 saturated carbocycles. The molecule has 0 radical (unpaired) electrons. The lowest BCUT2D eigenvalue weighted by Gasteiger charge is -2.13. The molecular formula is C19H15F3O7.